The van der Waals surface area contributed by atoms with Crippen LogP contribution in [0, 0.1) is 30.4 Å². The molecule has 2 unspecified atom stereocenters. The lowest BCUT2D eigenvalue weighted by Crippen LogP contribution is -2.06. The molecule has 0 spiro atoms. The Kier molecular flexibility index (Phi) is 9.06. The standard InChI is InChI=1S/C28H32F4/c1-17(2)25(29)26(30)21(6)20(5)11-7-18(3)10-14-23-15-16-24(28(32)27(23)31)22-12-8-19(4)9-13-22/h8-9,12-13,15-16,18,20H,1,6-7,10-11,14H2,2-5H3/b26-25-. The Hall–Kier alpha value is -2.62. The van der Waals surface area contributed by atoms with E-state index in [2.05, 4.69) is 13.2 Å². The van der Waals surface area contributed by atoms with Crippen molar-refractivity contribution in [3.63, 3.8) is 0 Å². The minimum absolute atomic E-state index is 0.0341. The minimum Gasteiger partial charge on any atom is -0.203 e. The molecular formula is C28H32F4. The first-order chi connectivity index (χ1) is 15.0. The monoisotopic (exact) mass is 444 g/mol. The molecule has 0 nitrogen and oxygen atoms in total. The molecule has 172 valence electrons. The van der Waals surface area contributed by atoms with E-state index in [9.17, 15) is 17.6 Å². The Bertz CT molecular complexity index is 999. The molecule has 0 heterocycles. The molecule has 32 heavy (non-hydrogen) atoms. The molecule has 4 heteroatoms. The highest BCUT2D eigenvalue weighted by molar-refractivity contribution is 5.65. The summed E-state index contributed by atoms with van der Waals surface area (Å²) in [7, 11) is 0. The van der Waals surface area contributed by atoms with Crippen molar-refractivity contribution < 1.29 is 17.6 Å². The highest BCUT2D eigenvalue weighted by atomic mass is 19.2. The van der Waals surface area contributed by atoms with E-state index in [1.807, 2.05) is 26.0 Å². The average Bonchev–Trinajstić information content (AvgIpc) is 2.77. The van der Waals surface area contributed by atoms with Gasteiger partial charge >= 0.3 is 0 Å². The van der Waals surface area contributed by atoms with Gasteiger partial charge < -0.3 is 0 Å². The molecule has 0 aliphatic heterocycles. The van der Waals surface area contributed by atoms with Crippen LogP contribution in [0.25, 0.3) is 11.1 Å². The molecule has 2 aromatic rings. The molecule has 0 aliphatic rings. The fourth-order valence-corrected chi connectivity index (χ4v) is 3.54. The molecule has 0 aromatic heterocycles. The number of hydrogen-bond donors (Lipinski definition) is 0. The lowest BCUT2D eigenvalue weighted by Gasteiger charge is -2.17. The van der Waals surface area contributed by atoms with E-state index in [-0.39, 0.29) is 28.5 Å². The van der Waals surface area contributed by atoms with Gasteiger partial charge in [-0.05, 0) is 67.2 Å². The maximum Gasteiger partial charge on any atom is 0.166 e. The number of aryl methyl sites for hydroxylation is 2. The first-order valence-corrected chi connectivity index (χ1v) is 11.0. The number of halogens is 4. The highest BCUT2D eigenvalue weighted by Crippen LogP contribution is 2.31. The van der Waals surface area contributed by atoms with E-state index >= 15 is 0 Å². The minimum atomic E-state index is -0.957. The van der Waals surface area contributed by atoms with Gasteiger partial charge in [-0.2, -0.15) is 0 Å². The largest absolute Gasteiger partial charge is 0.203 e. The highest BCUT2D eigenvalue weighted by Gasteiger charge is 2.19. The van der Waals surface area contributed by atoms with E-state index < -0.39 is 23.3 Å². The van der Waals surface area contributed by atoms with Gasteiger partial charge in [0, 0.05) is 5.56 Å². The zero-order valence-electron chi connectivity index (χ0n) is 19.4. The van der Waals surface area contributed by atoms with Crippen LogP contribution in [0.5, 0.6) is 0 Å². The van der Waals surface area contributed by atoms with Crippen molar-refractivity contribution in [1.82, 2.24) is 0 Å². The summed E-state index contributed by atoms with van der Waals surface area (Å²) < 4.78 is 57.2. The third-order valence-corrected chi connectivity index (χ3v) is 5.97. The Labute approximate surface area is 189 Å². The SMILES string of the molecule is C=C(C)/C(F)=C(/F)C(=C)C(C)CCC(C)CCc1ccc(-c2ccc(C)cc2)c(F)c1F. The molecule has 0 radical (unpaired) electrons. The van der Waals surface area contributed by atoms with Crippen LogP contribution >= 0.6 is 0 Å². The molecular weight excluding hydrogens is 412 g/mol. The first kappa shape index (κ1) is 25.6. The molecule has 2 aromatic carbocycles. The summed E-state index contributed by atoms with van der Waals surface area (Å²) in [6.07, 6.45) is 2.44. The zero-order chi connectivity index (χ0) is 24.0. The van der Waals surface area contributed by atoms with Gasteiger partial charge in [0.2, 0.25) is 0 Å². The quantitative estimate of drug-likeness (QED) is 0.253. The zero-order valence-corrected chi connectivity index (χ0v) is 19.4. The Morgan fingerprint density at radius 2 is 1.47 bits per heavy atom. The molecule has 0 aliphatic carbocycles. The summed E-state index contributed by atoms with van der Waals surface area (Å²) in [5.74, 6) is -3.55. The van der Waals surface area contributed by atoms with Gasteiger partial charge in [-0.15, -0.1) is 0 Å². The van der Waals surface area contributed by atoms with Gasteiger partial charge in [0.15, 0.2) is 23.3 Å². The topological polar surface area (TPSA) is 0 Å². The van der Waals surface area contributed by atoms with E-state index in [4.69, 9.17) is 0 Å². The van der Waals surface area contributed by atoms with Gasteiger partial charge in [0.1, 0.15) is 0 Å². The molecule has 0 saturated carbocycles. The van der Waals surface area contributed by atoms with Crippen LogP contribution in [-0.4, -0.2) is 0 Å². The summed E-state index contributed by atoms with van der Waals surface area (Å²) >= 11 is 0. The summed E-state index contributed by atoms with van der Waals surface area (Å²) in [6, 6.07) is 10.6. The summed E-state index contributed by atoms with van der Waals surface area (Å²) in [5, 5.41) is 0. The Balaban J connectivity index is 1.95. The molecule has 0 amide bonds. The number of allylic oxidation sites excluding steroid dienone is 4. The van der Waals surface area contributed by atoms with Crippen molar-refractivity contribution in [3.8, 4) is 11.1 Å². The van der Waals surface area contributed by atoms with E-state index in [0.29, 0.717) is 30.4 Å². The summed E-state index contributed by atoms with van der Waals surface area (Å²) in [6.45, 7) is 14.3. The molecule has 0 saturated heterocycles. The molecule has 2 rings (SSSR count). The van der Waals surface area contributed by atoms with Crippen molar-refractivity contribution in [2.45, 2.75) is 53.4 Å². The van der Waals surface area contributed by atoms with Gasteiger partial charge in [-0.3, -0.25) is 0 Å². The van der Waals surface area contributed by atoms with Crippen LogP contribution in [0.4, 0.5) is 17.6 Å². The van der Waals surface area contributed by atoms with E-state index in [0.717, 1.165) is 12.0 Å². The molecule has 0 bridgehead atoms. The smallest absolute Gasteiger partial charge is 0.166 e. The Morgan fingerprint density at radius 1 is 0.844 bits per heavy atom. The second kappa shape index (κ2) is 11.3. The van der Waals surface area contributed by atoms with Crippen LogP contribution in [0.1, 0.15) is 51.2 Å². The predicted octanol–water partition coefficient (Wildman–Crippen LogP) is 9.21. The van der Waals surface area contributed by atoms with Crippen molar-refractivity contribution in [2.24, 2.45) is 11.8 Å². The second-order valence-electron chi connectivity index (χ2n) is 8.82. The van der Waals surface area contributed by atoms with Crippen molar-refractivity contribution >= 4 is 0 Å². The van der Waals surface area contributed by atoms with Crippen LogP contribution in [-0.2, 0) is 6.42 Å². The normalized spacial score (nSPS) is 14.0. The molecule has 2 atom stereocenters. The number of benzene rings is 2. The second-order valence-corrected chi connectivity index (χ2v) is 8.82. The molecule has 0 fully saturated rings. The fourth-order valence-electron chi connectivity index (χ4n) is 3.54. The number of hydrogen-bond acceptors (Lipinski definition) is 0. The van der Waals surface area contributed by atoms with Crippen LogP contribution < -0.4 is 0 Å². The maximum absolute atomic E-state index is 14.7. The first-order valence-electron chi connectivity index (χ1n) is 11.0. The lowest BCUT2D eigenvalue weighted by molar-refractivity contribution is 0.424. The molecule has 0 N–H and O–H groups in total. The van der Waals surface area contributed by atoms with Gasteiger partial charge in [0.05, 0.1) is 0 Å². The third-order valence-electron chi connectivity index (χ3n) is 5.97. The lowest BCUT2D eigenvalue weighted by atomic mass is 9.89. The summed E-state index contributed by atoms with van der Waals surface area (Å²) in [4.78, 5) is 0. The average molecular weight is 445 g/mol. The van der Waals surface area contributed by atoms with Crippen molar-refractivity contribution in [2.75, 3.05) is 0 Å². The van der Waals surface area contributed by atoms with Crippen molar-refractivity contribution in [1.29, 1.82) is 0 Å². The van der Waals surface area contributed by atoms with Crippen LogP contribution in [0.15, 0.2) is 72.4 Å². The third kappa shape index (κ3) is 6.44. The van der Waals surface area contributed by atoms with E-state index in [1.54, 1.807) is 31.2 Å². The van der Waals surface area contributed by atoms with Gasteiger partial charge in [-0.1, -0.05) is 75.4 Å². The van der Waals surface area contributed by atoms with Gasteiger partial charge in [-0.25, -0.2) is 17.6 Å². The predicted molar refractivity (Wildman–Crippen MR) is 126 cm³/mol. The van der Waals surface area contributed by atoms with Crippen LogP contribution in [0.3, 0.4) is 0 Å². The maximum atomic E-state index is 14.7. The number of rotatable bonds is 10. The van der Waals surface area contributed by atoms with Crippen molar-refractivity contribution in [3.05, 3.63) is 95.1 Å². The fraction of sp³-hybridized carbons (Fsp3) is 0.357. The van der Waals surface area contributed by atoms with Gasteiger partial charge in [0.25, 0.3) is 0 Å². The Morgan fingerprint density at radius 3 is 2.06 bits per heavy atom. The van der Waals surface area contributed by atoms with Crippen LogP contribution in [0.2, 0.25) is 0 Å². The van der Waals surface area contributed by atoms with E-state index in [1.165, 1.54) is 6.92 Å². The summed E-state index contributed by atoms with van der Waals surface area (Å²) in [5.41, 5.74) is 2.46.